The third kappa shape index (κ3) is 1.93. The van der Waals surface area contributed by atoms with Crippen LogP contribution in [0.5, 0.6) is 5.75 Å². The Morgan fingerprint density at radius 1 is 1.30 bits per heavy atom. The van der Waals surface area contributed by atoms with Gasteiger partial charge in [0.15, 0.2) is 5.84 Å². The minimum Gasteiger partial charge on any atom is -0.506 e. The molecule has 3 heterocycles. The lowest BCUT2D eigenvalue weighted by molar-refractivity contribution is 0.474. The summed E-state index contributed by atoms with van der Waals surface area (Å²) in [6, 6.07) is 5.28. The van der Waals surface area contributed by atoms with E-state index in [1.165, 1.54) is 6.20 Å². The SMILES string of the molecule is C=NC(=N)c1cncc(-n2ccc3cc(O)cnc32)c1. The number of hydrogen-bond donors (Lipinski definition) is 2. The molecule has 98 valence electrons. The predicted octanol–water partition coefficient (Wildman–Crippen LogP) is 2.15. The van der Waals surface area contributed by atoms with Crippen LogP contribution in [0.3, 0.4) is 0 Å². The van der Waals surface area contributed by atoms with Crippen LogP contribution < -0.4 is 0 Å². The van der Waals surface area contributed by atoms with Gasteiger partial charge in [-0.1, -0.05) is 0 Å². The highest BCUT2D eigenvalue weighted by Gasteiger charge is 2.07. The molecule has 3 aromatic heterocycles. The number of nitrogens with one attached hydrogen (secondary N) is 1. The van der Waals surface area contributed by atoms with Crippen molar-refractivity contribution in [1.82, 2.24) is 14.5 Å². The molecule has 0 saturated heterocycles. The number of pyridine rings is 2. The van der Waals surface area contributed by atoms with Gasteiger partial charge in [0, 0.05) is 23.3 Å². The van der Waals surface area contributed by atoms with E-state index in [9.17, 15) is 5.11 Å². The first-order valence-corrected chi connectivity index (χ1v) is 5.86. The standard InChI is InChI=1S/C14H11N5O/c1-16-13(15)10-4-11(7-17-6-10)19-3-2-9-5-12(20)8-18-14(9)19/h2-8,15,20H,1H2. The summed E-state index contributed by atoms with van der Waals surface area (Å²) in [6.45, 7) is 3.34. The second kappa shape index (κ2) is 4.58. The average Bonchev–Trinajstić information content (AvgIpc) is 2.89. The number of rotatable bonds is 2. The molecular formula is C14H11N5O. The van der Waals surface area contributed by atoms with Gasteiger partial charge in [0.05, 0.1) is 18.1 Å². The van der Waals surface area contributed by atoms with Gasteiger partial charge in [-0.05, 0) is 24.9 Å². The van der Waals surface area contributed by atoms with Gasteiger partial charge >= 0.3 is 0 Å². The van der Waals surface area contributed by atoms with E-state index in [0.717, 1.165) is 11.1 Å². The molecule has 0 radical (unpaired) electrons. The number of aliphatic imine (C=N–C) groups is 1. The minimum absolute atomic E-state index is 0.0708. The van der Waals surface area contributed by atoms with Crippen molar-refractivity contribution < 1.29 is 5.11 Å². The van der Waals surface area contributed by atoms with Gasteiger partial charge in [0.25, 0.3) is 0 Å². The fourth-order valence-corrected chi connectivity index (χ4v) is 2.00. The number of hydrogen-bond acceptors (Lipinski definition) is 4. The molecule has 0 aliphatic heterocycles. The zero-order valence-corrected chi connectivity index (χ0v) is 10.5. The van der Waals surface area contributed by atoms with Crippen LogP contribution in [-0.4, -0.2) is 32.2 Å². The van der Waals surface area contributed by atoms with E-state index in [1.54, 1.807) is 24.5 Å². The van der Waals surface area contributed by atoms with Gasteiger partial charge in [0.1, 0.15) is 11.4 Å². The van der Waals surface area contributed by atoms with E-state index in [2.05, 4.69) is 21.7 Å². The molecule has 0 atom stereocenters. The lowest BCUT2D eigenvalue weighted by atomic mass is 10.2. The smallest absolute Gasteiger partial charge is 0.152 e. The zero-order valence-electron chi connectivity index (χ0n) is 10.5. The van der Waals surface area contributed by atoms with Gasteiger partial charge in [0.2, 0.25) is 0 Å². The minimum atomic E-state index is 0.0708. The third-order valence-electron chi connectivity index (χ3n) is 2.95. The molecule has 6 heteroatoms. The number of amidine groups is 1. The molecule has 0 amide bonds. The monoisotopic (exact) mass is 265 g/mol. The van der Waals surface area contributed by atoms with Crippen LogP contribution in [0.15, 0.2) is 48.0 Å². The molecule has 0 spiro atoms. The Bertz CT molecular complexity index is 821. The number of nitrogens with zero attached hydrogens (tertiary/aromatic N) is 4. The van der Waals surface area contributed by atoms with Crippen molar-refractivity contribution in [1.29, 1.82) is 5.41 Å². The van der Waals surface area contributed by atoms with Crippen LogP contribution in [0.25, 0.3) is 16.7 Å². The summed E-state index contributed by atoms with van der Waals surface area (Å²) in [5.41, 5.74) is 2.06. The van der Waals surface area contributed by atoms with E-state index in [0.29, 0.717) is 11.2 Å². The van der Waals surface area contributed by atoms with Crippen LogP contribution in [0, 0.1) is 5.41 Å². The third-order valence-corrected chi connectivity index (χ3v) is 2.95. The lowest BCUT2D eigenvalue weighted by Gasteiger charge is -2.06. The highest BCUT2D eigenvalue weighted by Crippen LogP contribution is 2.21. The van der Waals surface area contributed by atoms with E-state index >= 15 is 0 Å². The summed E-state index contributed by atoms with van der Waals surface area (Å²) >= 11 is 0. The molecule has 3 rings (SSSR count). The first kappa shape index (κ1) is 12.0. The quantitative estimate of drug-likeness (QED) is 0.549. The molecule has 0 aromatic carbocycles. The van der Waals surface area contributed by atoms with Crippen LogP contribution in [0.4, 0.5) is 0 Å². The summed E-state index contributed by atoms with van der Waals surface area (Å²) in [7, 11) is 0. The molecule has 0 unspecified atom stereocenters. The van der Waals surface area contributed by atoms with Crippen molar-refractivity contribution >= 4 is 23.6 Å². The van der Waals surface area contributed by atoms with Gasteiger partial charge in [-0.25, -0.2) is 9.98 Å². The Morgan fingerprint density at radius 3 is 2.95 bits per heavy atom. The Balaban J connectivity index is 2.16. The molecule has 0 saturated carbocycles. The number of aromatic nitrogens is 3. The Morgan fingerprint density at radius 2 is 2.15 bits per heavy atom. The molecular weight excluding hydrogens is 254 g/mol. The molecule has 0 aliphatic rings. The second-order valence-electron chi connectivity index (χ2n) is 4.23. The Hall–Kier alpha value is -3.02. The van der Waals surface area contributed by atoms with Crippen molar-refractivity contribution in [3.63, 3.8) is 0 Å². The van der Waals surface area contributed by atoms with Gasteiger partial charge in [-0.2, -0.15) is 0 Å². The summed E-state index contributed by atoms with van der Waals surface area (Å²) < 4.78 is 1.83. The van der Waals surface area contributed by atoms with Crippen LogP contribution in [0.2, 0.25) is 0 Å². The van der Waals surface area contributed by atoms with Gasteiger partial charge in [-0.3, -0.25) is 15.0 Å². The molecule has 2 N–H and O–H groups in total. The van der Waals surface area contributed by atoms with Crippen molar-refractivity contribution in [3.8, 4) is 11.4 Å². The summed E-state index contributed by atoms with van der Waals surface area (Å²) in [5, 5.41) is 17.9. The largest absolute Gasteiger partial charge is 0.506 e. The van der Waals surface area contributed by atoms with E-state index in [1.807, 2.05) is 16.8 Å². The van der Waals surface area contributed by atoms with Crippen molar-refractivity contribution in [2.45, 2.75) is 0 Å². The molecule has 20 heavy (non-hydrogen) atoms. The van der Waals surface area contributed by atoms with Crippen molar-refractivity contribution in [3.05, 3.63) is 48.5 Å². The average molecular weight is 265 g/mol. The fraction of sp³-hybridized carbons (Fsp3) is 0. The molecule has 0 aliphatic carbocycles. The molecule has 6 nitrogen and oxygen atoms in total. The second-order valence-corrected chi connectivity index (χ2v) is 4.23. The van der Waals surface area contributed by atoms with Crippen LogP contribution in [0.1, 0.15) is 5.56 Å². The Kier molecular flexibility index (Phi) is 2.76. The van der Waals surface area contributed by atoms with Crippen LogP contribution in [-0.2, 0) is 0 Å². The summed E-state index contributed by atoms with van der Waals surface area (Å²) in [6.07, 6.45) is 6.46. The van der Waals surface area contributed by atoms with Crippen molar-refractivity contribution in [2.75, 3.05) is 0 Å². The predicted molar refractivity (Wildman–Crippen MR) is 76.9 cm³/mol. The topological polar surface area (TPSA) is 87.2 Å². The summed E-state index contributed by atoms with van der Waals surface area (Å²) in [5.74, 6) is 0.196. The lowest BCUT2D eigenvalue weighted by Crippen LogP contribution is -2.00. The summed E-state index contributed by atoms with van der Waals surface area (Å²) in [4.78, 5) is 11.9. The first-order chi connectivity index (χ1) is 9.69. The Labute approximate surface area is 114 Å². The molecule has 3 aromatic rings. The first-order valence-electron chi connectivity index (χ1n) is 5.86. The van der Waals surface area contributed by atoms with Crippen LogP contribution >= 0.6 is 0 Å². The number of aromatic hydroxyl groups is 1. The maximum absolute atomic E-state index is 9.43. The van der Waals surface area contributed by atoms with Gasteiger partial charge < -0.3 is 5.11 Å². The van der Waals surface area contributed by atoms with Crippen molar-refractivity contribution in [2.24, 2.45) is 4.99 Å². The number of fused-ring (bicyclic) bond motifs is 1. The molecule has 0 bridgehead atoms. The highest BCUT2D eigenvalue weighted by atomic mass is 16.3. The highest BCUT2D eigenvalue weighted by molar-refractivity contribution is 5.99. The van der Waals surface area contributed by atoms with E-state index < -0.39 is 0 Å². The van der Waals surface area contributed by atoms with E-state index in [4.69, 9.17) is 5.41 Å². The van der Waals surface area contributed by atoms with Gasteiger partial charge in [-0.15, -0.1) is 0 Å². The maximum atomic E-state index is 9.43. The maximum Gasteiger partial charge on any atom is 0.152 e. The fourth-order valence-electron chi connectivity index (χ4n) is 2.00. The normalized spacial score (nSPS) is 10.6. The van der Waals surface area contributed by atoms with E-state index in [-0.39, 0.29) is 11.6 Å². The zero-order chi connectivity index (χ0) is 14.1. The molecule has 0 fully saturated rings.